The third-order valence-corrected chi connectivity index (χ3v) is 5.35. The van der Waals surface area contributed by atoms with Crippen LogP contribution in [0.15, 0.2) is 47.4 Å². The van der Waals surface area contributed by atoms with Crippen LogP contribution < -0.4 is 4.74 Å². The number of rotatable bonds is 5. The summed E-state index contributed by atoms with van der Waals surface area (Å²) in [6.07, 6.45) is 0. The quantitative estimate of drug-likeness (QED) is 0.850. The van der Waals surface area contributed by atoms with Crippen LogP contribution in [0.4, 0.5) is 4.39 Å². The lowest BCUT2D eigenvalue weighted by Crippen LogP contribution is -2.27. The summed E-state index contributed by atoms with van der Waals surface area (Å²) in [5, 5.41) is 0. The molecule has 0 aliphatic carbocycles. The van der Waals surface area contributed by atoms with Crippen LogP contribution in [-0.4, -0.2) is 26.9 Å². The van der Waals surface area contributed by atoms with E-state index in [1.807, 2.05) is 12.1 Å². The molecule has 0 saturated heterocycles. The maximum Gasteiger partial charge on any atom is 0.243 e. The minimum absolute atomic E-state index is 0.116. The molecule has 0 aliphatic heterocycles. The van der Waals surface area contributed by atoms with Crippen molar-refractivity contribution in [3.63, 3.8) is 0 Å². The lowest BCUT2D eigenvalue weighted by atomic mass is 10.2. The van der Waals surface area contributed by atoms with Crippen molar-refractivity contribution in [2.24, 2.45) is 0 Å². The van der Waals surface area contributed by atoms with E-state index in [1.54, 1.807) is 26.2 Å². The maximum absolute atomic E-state index is 13.1. The molecule has 0 atom stereocenters. The van der Waals surface area contributed by atoms with Gasteiger partial charge < -0.3 is 4.74 Å². The molecular formula is C16H18FNO3S. The Morgan fingerprint density at radius 1 is 1.14 bits per heavy atom. The zero-order chi connectivity index (χ0) is 16.3. The van der Waals surface area contributed by atoms with Gasteiger partial charge in [-0.1, -0.05) is 12.1 Å². The highest BCUT2D eigenvalue weighted by Gasteiger charge is 2.23. The second kappa shape index (κ2) is 6.46. The number of methoxy groups -OCH3 is 1. The van der Waals surface area contributed by atoms with E-state index in [0.717, 1.165) is 11.6 Å². The van der Waals surface area contributed by atoms with Gasteiger partial charge in [-0.25, -0.2) is 12.8 Å². The first-order valence-corrected chi connectivity index (χ1v) is 8.14. The van der Waals surface area contributed by atoms with Gasteiger partial charge in [0.2, 0.25) is 10.0 Å². The van der Waals surface area contributed by atoms with Gasteiger partial charge in [0.25, 0.3) is 0 Å². The second-order valence-corrected chi connectivity index (χ2v) is 7.03. The zero-order valence-corrected chi connectivity index (χ0v) is 13.5. The lowest BCUT2D eigenvalue weighted by molar-refractivity contribution is 0.414. The highest BCUT2D eigenvalue weighted by Crippen LogP contribution is 2.22. The Kier molecular flexibility index (Phi) is 4.83. The van der Waals surface area contributed by atoms with Gasteiger partial charge in [0.1, 0.15) is 11.6 Å². The van der Waals surface area contributed by atoms with E-state index >= 15 is 0 Å². The zero-order valence-electron chi connectivity index (χ0n) is 12.7. The molecule has 6 heteroatoms. The highest BCUT2D eigenvalue weighted by atomic mass is 32.2. The number of aryl methyl sites for hydroxylation is 1. The Morgan fingerprint density at radius 3 is 2.32 bits per heavy atom. The average molecular weight is 323 g/mol. The largest absolute Gasteiger partial charge is 0.497 e. The standard InChI is InChI=1S/C16H18FNO3S/c1-12-10-14(17)6-9-16(12)22(19,20)18(2)11-13-4-7-15(21-3)8-5-13/h4-10H,11H2,1-3H3. The van der Waals surface area contributed by atoms with Crippen LogP contribution in [0.25, 0.3) is 0 Å². The molecule has 118 valence electrons. The Labute approximate surface area is 130 Å². The van der Waals surface area contributed by atoms with Crippen LogP contribution in [0.5, 0.6) is 5.75 Å². The van der Waals surface area contributed by atoms with Crippen LogP contribution in [0.1, 0.15) is 11.1 Å². The fourth-order valence-electron chi connectivity index (χ4n) is 2.14. The Bertz CT molecular complexity index is 757. The van der Waals surface area contributed by atoms with Crippen LogP contribution in [0.3, 0.4) is 0 Å². The summed E-state index contributed by atoms with van der Waals surface area (Å²) in [7, 11) is -0.590. The molecule has 2 rings (SSSR count). The molecule has 0 bridgehead atoms. The summed E-state index contributed by atoms with van der Waals surface area (Å²) in [6.45, 7) is 1.81. The molecule has 4 nitrogen and oxygen atoms in total. The van der Waals surface area contributed by atoms with Gasteiger partial charge in [-0.3, -0.25) is 0 Å². The van der Waals surface area contributed by atoms with Gasteiger partial charge in [0.05, 0.1) is 12.0 Å². The minimum atomic E-state index is -3.66. The van der Waals surface area contributed by atoms with Crippen molar-refractivity contribution in [2.75, 3.05) is 14.2 Å². The molecule has 0 unspecified atom stereocenters. The van der Waals surface area contributed by atoms with Crippen molar-refractivity contribution >= 4 is 10.0 Å². The molecule has 0 amide bonds. The number of nitrogens with zero attached hydrogens (tertiary/aromatic N) is 1. The topological polar surface area (TPSA) is 46.6 Å². The van der Waals surface area contributed by atoms with E-state index in [0.29, 0.717) is 11.3 Å². The second-order valence-electron chi connectivity index (χ2n) is 5.02. The van der Waals surface area contributed by atoms with Crippen LogP contribution >= 0.6 is 0 Å². The first-order chi connectivity index (χ1) is 10.3. The van der Waals surface area contributed by atoms with Crippen molar-refractivity contribution in [2.45, 2.75) is 18.4 Å². The first-order valence-electron chi connectivity index (χ1n) is 6.70. The molecule has 0 saturated carbocycles. The molecule has 2 aromatic carbocycles. The predicted molar refractivity (Wildman–Crippen MR) is 82.8 cm³/mol. The van der Waals surface area contributed by atoms with Crippen molar-refractivity contribution in [1.29, 1.82) is 0 Å². The molecule has 22 heavy (non-hydrogen) atoms. The van der Waals surface area contributed by atoms with Gasteiger partial charge in [-0.05, 0) is 48.4 Å². The van der Waals surface area contributed by atoms with Gasteiger partial charge in [0, 0.05) is 13.6 Å². The van der Waals surface area contributed by atoms with E-state index < -0.39 is 15.8 Å². The number of sulfonamides is 1. The smallest absolute Gasteiger partial charge is 0.243 e. The lowest BCUT2D eigenvalue weighted by Gasteiger charge is -2.18. The molecule has 0 aliphatic rings. The van der Waals surface area contributed by atoms with E-state index in [9.17, 15) is 12.8 Å². The molecule has 0 heterocycles. The molecule has 0 fully saturated rings. The molecule has 0 N–H and O–H groups in total. The van der Waals surface area contributed by atoms with Crippen molar-refractivity contribution in [3.8, 4) is 5.75 Å². The van der Waals surface area contributed by atoms with Crippen LogP contribution in [-0.2, 0) is 16.6 Å². The van der Waals surface area contributed by atoms with Gasteiger partial charge in [-0.2, -0.15) is 4.31 Å². The number of halogens is 1. The van der Waals surface area contributed by atoms with E-state index in [1.165, 1.54) is 23.5 Å². The van der Waals surface area contributed by atoms with Crippen molar-refractivity contribution < 1.29 is 17.5 Å². The number of hydrogen-bond donors (Lipinski definition) is 0. The third kappa shape index (κ3) is 3.45. The fraction of sp³-hybridized carbons (Fsp3) is 0.250. The molecular weight excluding hydrogens is 305 g/mol. The molecule has 0 radical (unpaired) electrons. The summed E-state index contributed by atoms with van der Waals surface area (Å²) in [6, 6.07) is 10.8. The highest BCUT2D eigenvalue weighted by molar-refractivity contribution is 7.89. The summed E-state index contributed by atoms with van der Waals surface area (Å²) in [4.78, 5) is 0.116. The molecule has 0 aromatic heterocycles. The summed E-state index contributed by atoms with van der Waals surface area (Å²) < 4.78 is 44.6. The van der Waals surface area contributed by atoms with Gasteiger partial charge >= 0.3 is 0 Å². The predicted octanol–water partition coefficient (Wildman–Crippen LogP) is 2.96. The first kappa shape index (κ1) is 16.5. The van der Waals surface area contributed by atoms with E-state index in [4.69, 9.17) is 4.74 Å². The average Bonchev–Trinajstić information content (AvgIpc) is 2.47. The number of ether oxygens (including phenoxy) is 1. The van der Waals surface area contributed by atoms with Crippen molar-refractivity contribution in [3.05, 3.63) is 59.4 Å². The van der Waals surface area contributed by atoms with Crippen LogP contribution in [0, 0.1) is 12.7 Å². The van der Waals surface area contributed by atoms with Crippen LogP contribution in [0.2, 0.25) is 0 Å². The van der Waals surface area contributed by atoms with E-state index in [-0.39, 0.29) is 11.4 Å². The fourth-order valence-corrected chi connectivity index (χ4v) is 3.50. The van der Waals surface area contributed by atoms with Gasteiger partial charge in [0.15, 0.2) is 0 Å². The number of hydrogen-bond acceptors (Lipinski definition) is 3. The normalized spacial score (nSPS) is 11.7. The third-order valence-electron chi connectivity index (χ3n) is 3.39. The Morgan fingerprint density at radius 2 is 1.77 bits per heavy atom. The van der Waals surface area contributed by atoms with Crippen molar-refractivity contribution in [1.82, 2.24) is 4.31 Å². The van der Waals surface area contributed by atoms with E-state index in [2.05, 4.69) is 0 Å². The molecule has 2 aromatic rings. The Hall–Kier alpha value is -1.92. The van der Waals surface area contributed by atoms with Gasteiger partial charge in [-0.15, -0.1) is 0 Å². The summed E-state index contributed by atoms with van der Waals surface area (Å²) >= 11 is 0. The maximum atomic E-state index is 13.1. The summed E-state index contributed by atoms with van der Waals surface area (Å²) in [5.74, 6) is 0.262. The molecule has 0 spiro atoms. The number of benzene rings is 2. The Balaban J connectivity index is 2.24. The monoisotopic (exact) mass is 323 g/mol. The summed E-state index contributed by atoms with van der Waals surface area (Å²) in [5.41, 5.74) is 1.23. The minimum Gasteiger partial charge on any atom is -0.497 e. The SMILES string of the molecule is COc1ccc(CN(C)S(=O)(=O)c2ccc(F)cc2C)cc1.